The first-order valence-corrected chi connectivity index (χ1v) is 5.95. The molecule has 0 spiro atoms. The maximum Gasteiger partial charge on any atom is 0.130 e. The molecule has 2 rings (SSSR count). The number of nitrogens with one attached hydrogen (secondary N) is 1. The molecule has 1 aromatic carbocycles. The summed E-state index contributed by atoms with van der Waals surface area (Å²) in [7, 11) is 0. The van der Waals surface area contributed by atoms with Crippen molar-refractivity contribution in [2.75, 3.05) is 5.32 Å². The van der Waals surface area contributed by atoms with E-state index in [0.29, 0.717) is 13.1 Å². The van der Waals surface area contributed by atoms with Gasteiger partial charge in [0, 0.05) is 25.0 Å². The normalized spacial score (nSPS) is 10.4. The fraction of sp³-hybridized carbons (Fsp3) is 0.214. The summed E-state index contributed by atoms with van der Waals surface area (Å²) < 4.78 is 0. The summed E-state index contributed by atoms with van der Waals surface area (Å²) in [5, 5.41) is 3.29. The van der Waals surface area contributed by atoms with Crippen molar-refractivity contribution in [3.63, 3.8) is 0 Å². The maximum absolute atomic E-state index is 5.79. The Morgan fingerprint density at radius 3 is 2.67 bits per heavy atom. The number of nitrogens with two attached hydrogens (primary N) is 2. The van der Waals surface area contributed by atoms with Gasteiger partial charge in [0.05, 0.1) is 0 Å². The molecule has 0 saturated carbocycles. The summed E-state index contributed by atoms with van der Waals surface area (Å²) in [6, 6.07) is 9.92. The summed E-state index contributed by atoms with van der Waals surface area (Å²) in [4.78, 5) is 4.28. The third-order valence-electron chi connectivity index (χ3n) is 2.88. The first kappa shape index (κ1) is 12.5. The average Bonchev–Trinajstić information content (AvgIpc) is 2.38. The molecule has 94 valence electrons. The Labute approximate surface area is 107 Å². The van der Waals surface area contributed by atoms with E-state index in [1.807, 2.05) is 37.3 Å². The van der Waals surface area contributed by atoms with Crippen LogP contribution in [0.2, 0.25) is 0 Å². The predicted octanol–water partition coefficient (Wildman–Crippen LogP) is 2.05. The third-order valence-corrected chi connectivity index (χ3v) is 2.88. The van der Waals surface area contributed by atoms with Crippen LogP contribution in [0.3, 0.4) is 0 Å². The molecule has 0 atom stereocenters. The van der Waals surface area contributed by atoms with Crippen LogP contribution in [0.1, 0.15) is 16.7 Å². The van der Waals surface area contributed by atoms with Gasteiger partial charge in [-0.25, -0.2) is 4.98 Å². The molecule has 0 aliphatic heterocycles. The maximum atomic E-state index is 5.79. The van der Waals surface area contributed by atoms with Crippen molar-refractivity contribution in [3.05, 3.63) is 53.2 Å². The van der Waals surface area contributed by atoms with Gasteiger partial charge in [-0.2, -0.15) is 0 Å². The van der Waals surface area contributed by atoms with Gasteiger partial charge in [-0.15, -0.1) is 0 Å². The Balaban J connectivity index is 2.34. The predicted molar refractivity (Wildman–Crippen MR) is 74.5 cm³/mol. The van der Waals surface area contributed by atoms with E-state index in [-0.39, 0.29) is 0 Å². The number of nitrogens with zero attached hydrogens (tertiary/aromatic N) is 1. The average molecular weight is 242 g/mol. The van der Waals surface area contributed by atoms with Gasteiger partial charge in [0.1, 0.15) is 5.82 Å². The SMILES string of the molecule is Cc1ccnc(Nc2cccc(CN)c2CN)c1. The zero-order valence-electron chi connectivity index (χ0n) is 10.5. The lowest BCUT2D eigenvalue weighted by Gasteiger charge is -2.14. The highest BCUT2D eigenvalue weighted by Gasteiger charge is 2.06. The molecule has 0 radical (unpaired) electrons. The molecule has 0 unspecified atom stereocenters. The smallest absolute Gasteiger partial charge is 0.130 e. The molecule has 1 aromatic heterocycles. The van der Waals surface area contributed by atoms with E-state index in [4.69, 9.17) is 11.5 Å². The third kappa shape index (κ3) is 2.67. The highest BCUT2D eigenvalue weighted by molar-refractivity contribution is 5.62. The Kier molecular flexibility index (Phi) is 3.92. The van der Waals surface area contributed by atoms with Gasteiger partial charge in [-0.3, -0.25) is 0 Å². The lowest BCUT2D eigenvalue weighted by Crippen LogP contribution is -2.09. The van der Waals surface area contributed by atoms with Crippen molar-refractivity contribution in [3.8, 4) is 0 Å². The molecule has 0 amide bonds. The molecule has 0 aliphatic rings. The molecule has 2 aromatic rings. The number of anilines is 2. The zero-order valence-corrected chi connectivity index (χ0v) is 10.5. The fourth-order valence-corrected chi connectivity index (χ4v) is 1.93. The molecule has 0 bridgehead atoms. The summed E-state index contributed by atoms with van der Waals surface area (Å²) >= 11 is 0. The number of benzene rings is 1. The van der Waals surface area contributed by atoms with Crippen LogP contribution in [-0.2, 0) is 13.1 Å². The molecule has 4 heteroatoms. The van der Waals surface area contributed by atoms with E-state index >= 15 is 0 Å². The molecule has 0 saturated heterocycles. The topological polar surface area (TPSA) is 77.0 Å². The number of hydrogen-bond acceptors (Lipinski definition) is 4. The fourth-order valence-electron chi connectivity index (χ4n) is 1.93. The molecular weight excluding hydrogens is 224 g/mol. The summed E-state index contributed by atoms with van der Waals surface area (Å²) in [5.41, 5.74) is 15.8. The van der Waals surface area contributed by atoms with Gasteiger partial charge >= 0.3 is 0 Å². The second-order valence-electron chi connectivity index (χ2n) is 4.19. The van der Waals surface area contributed by atoms with Crippen LogP contribution in [0.4, 0.5) is 11.5 Å². The van der Waals surface area contributed by atoms with Gasteiger partial charge in [-0.1, -0.05) is 12.1 Å². The van der Waals surface area contributed by atoms with E-state index in [9.17, 15) is 0 Å². The Morgan fingerprint density at radius 2 is 2.00 bits per heavy atom. The summed E-state index contributed by atoms with van der Waals surface area (Å²) in [6.07, 6.45) is 1.78. The molecule has 5 N–H and O–H groups in total. The number of aryl methyl sites for hydroxylation is 1. The van der Waals surface area contributed by atoms with Crippen LogP contribution >= 0.6 is 0 Å². The zero-order chi connectivity index (χ0) is 13.0. The summed E-state index contributed by atoms with van der Waals surface area (Å²) in [6.45, 7) is 2.98. The van der Waals surface area contributed by atoms with E-state index in [1.54, 1.807) is 6.20 Å². The van der Waals surface area contributed by atoms with Gasteiger partial charge in [0.2, 0.25) is 0 Å². The van der Waals surface area contributed by atoms with Crippen LogP contribution < -0.4 is 16.8 Å². The van der Waals surface area contributed by atoms with Gasteiger partial charge in [0.15, 0.2) is 0 Å². The van der Waals surface area contributed by atoms with E-state index in [1.165, 1.54) is 0 Å². The van der Waals surface area contributed by atoms with Gasteiger partial charge in [0.25, 0.3) is 0 Å². The second-order valence-corrected chi connectivity index (χ2v) is 4.19. The lowest BCUT2D eigenvalue weighted by atomic mass is 10.1. The molecular formula is C14H18N4. The molecule has 4 nitrogen and oxygen atoms in total. The van der Waals surface area contributed by atoms with Crippen molar-refractivity contribution in [1.82, 2.24) is 4.98 Å². The Morgan fingerprint density at radius 1 is 1.17 bits per heavy atom. The quantitative estimate of drug-likeness (QED) is 0.767. The van der Waals surface area contributed by atoms with Crippen molar-refractivity contribution in [1.29, 1.82) is 0 Å². The number of aromatic nitrogens is 1. The monoisotopic (exact) mass is 242 g/mol. The standard InChI is InChI=1S/C14H18N4/c1-10-5-6-17-14(7-10)18-13-4-2-3-11(8-15)12(13)9-16/h2-7H,8-9,15-16H2,1H3,(H,17,18). The van der Waals surface area contributed by atoms with Crippen molar-refractivity contribution >= 4 is 11.5 Å². The summed E-state index contributed by atoms with van der Waals surface area (Å²) in [5.74, 6) is 0.818. The number of rotatable bonds is 4. The van der Waals surface area contributed by atoms with Crippen LogP contribution in [0.25, 0.3) is 0 Å². The first-order valence-electron chi connectivity index (χ1n) is 5.95. The number of hydrogen-bond donors (Lipinski definition) is 3. The molecule has 0 fully saturated rings. The lowest BCUT2D eigenvalue weighted by molar-refractivity contribution is 0.981. The van der Waals surface area contributed by atoms with E-state index in [0.717, 1.165) is 28.2 Å². The van der Waals surface area contributed by atoms with Crippen molar-refractivity contribution in [2.45, 2.75) is 20.0 Å². The molecule has 1 heterocycles. The van der Waals surface area contributed by atoms with Crippen molar-refractivity contribution in [2.24, 2.45) is 11.5 Å². The first-order chi connectivity index (χ1) is 8.74. The minimum Gasteiger partial charge on any atom is -0.340 e. The molecule has 18 heavy (non-hydrogen) atoms. The van der Waals surface area contributed by atoms with Gasteiger partial charge in [-0.05, 0) is 41.8 Å². The van der Waals surface area contributed by atoms with Crippen LogP contribution in [0.15, 0.2) is 36.5 Å². The van der Waals surface area contributed by atoms with Crippen molar-refractivity contribution < 1.29 is 0 Å². The molecule has 0 aliphatic carbocycles. The highest BCUT2D eigenvalue weighted by atomic mass is 15.0. The largest absolute Gasteiger partial charge is 0.340 e. The Bertz CT molecular complexity index is 537. The number of pyridine rings is 1. The highest BCUT2D eigenvalue weighted by Crippen LogP contribution is 2.22. The van der Waals surface area contributed by atoms with E-state index in [2.05, 4.69) is 10.3 Å². The van der Waals surface area contributed by atoms with E-state index < -0.39 is 0 Å². The van der Waals surface area contributed by atoms with Gasteiger partial charge < -0.3 is 16.8 Å². The van der Waals surface area contributed by atoms with Crippen LogP contribution in [0.5, 0.6) is 0 Å². The second kappa shape index (κ2) is 5.62. The Hall–Kier alpha value is -1.91. The minimum absolute atomic E-state index is 0.460. The van der Waals surface area contributed by atoms with Crippen LogP contribution in [-0.4, -0.2) is 4.98 Å². The minimum atomic E-state index is 0.460. The van der Waals surface area contributed by atoms with Crippen LogP contribution in [0, 0.1) is 6.92 Å².